The van der Waals surface area contributed by atoms with Crippen LogP contribution in [0.2, 0.25) is 0 Å². The molecule has 0 fully saturated rings. The van der Waals surface area contributed by atoms with Gasteiger partial charge in [0, 0.05) is 49.5 Å². The first-order valence-electron chi connectivity index (χ1n) is 20.8. The first-order chi connectivity index (χ1) is 30.7. The molecule has 12 rings (SSSR count). The standard InChI is InChI=1S/C57H36N4O/c1-4-16-37(17-5-1)49-35-40(30-32-48(49)57-59-55(38-18-6-2-7-19-38)58-56(60-57)39-20-8-3-9-21-39)41-31-33-52-50(36-41)45-24-10-12-28-51(45)61(52)43-23-14-22-42(34-43)44-26-15-27-47-46-25-11-13-29-53(46)62-54(44)47/h1-36H. The van der Waals surface area contributed by atoms with E-state index in [2.05, 4.69) is 150 Å². The van der Waals surface area contributed by atoms with E-state index in [-0.39, 0.29) is 0 Å². The summed E-state index contributed by atoms with van der Waals surface area (Å²) in [4.78, 5) is 15.2. The average Bonchev–Trinajstić information content (AvgIpc) is 3.90. The summed E-state index contributed by atoms with van der Waals surface area (Å²) in [6.45, 7) is 0. The molecule has 0 saturated heterocycles. The van der Waals surface area contributed by atoms with E-state index < -0.39 is 0 Å². The molecule has 0 aliphatic rings. The van der Waals surface area contributed by atoms with Gasteiger partial charge in [-0.3, -0.25) is 0 Å². The number of aromatic nitrogens is 4. The van der Waals surface area contributed by atoms with Crippen molar-refractivity contribution in [3.63, 3.8) is 0 Å². The number of hydrogen-bond acceptors (Lipinski definition) is 4. The summed E-state index contributed by atoms with van der Waals surface area (Å²) in [5, 5.41) is 4.63. The summed E-state index contributed by atoms with van der Waals surface area (Å²) >= 11 is 0. The predicted octanol–water partition coefficient (Wildman–Crippen LogP) is 14.9. The molecule has 0 radical (unpaired) electrons. The van der Waals surface area contributed by atoms with E-state index in [0.717, 1.165) is 88.7 Å². The molecule has 290 valence electrons. The first-order valence-corrected chi connectivity index (χ1v) is 20.8. The van der Waals surface area contributed by atoms with E-state index in [9.17, 15) is 0 Å². The van der Waals surface area contributed by atoms with Gasteiger partial charge in [0.25, 0.3) is 0 Å². The van der Waals surface area contributed by atoms with Gasteiger partial charge in [-0.05, 0) is 76.3 Å². The zero-order valence-corrected chi connectivity index (χ0v) is 33.5. The second-order valence-electron chi connectivity index (χ2n) is 15.6. The van der Waals surface area contributed by atoms with Gasteiger partial charge in [-0.25, -0.2) is 15.0 Å². The van der Waals surface area contributed by atoms with Gasteiger partial charge in [0.2, 0.25) is 0 Å². The molecular formula is C57H36N4O. The molecule has 0 N–H and O–H groups in total. The Bertz CT molecular complexity index is 3570. The van der Waals surface area contributed by atoms with Gasteiger partial charge in [0.05, 0.1) is 11.0 Å². The number of hydrogen-bond donors (Lipinski definition) is 0. The maximum Gasteiger partial charge on any atom is 0.164 e. The largest absolute Gasteiger partial charge is 0.455 e. The Kier molecular flexibility index (Phi) is 8.42. The van der Waals surface area contributed by atoms with Crippen molar-refractivity contribution < 1.29 is 4.42 Å². The van der Waals surface area contributed by atoms with E-state index in [1.54, 1.807) is 0 Å². The molecule has 0 aliphatic heterocycles. The van der Waals surface area contributed by atoms with E-state index in [1.807, 2.05) is 72.8 Å². The van der Waals surface area contributed by atoms with Crippen LogP contribution in [0.25, 0.3) is 117 Å². The van der Waals surface area contributed by atoms with Crippen LogP contribution in [0, 0.1) is 0 Å². The topological polar surface area (TPSA) is 56.7 Å². The molecule has 0 spiro atoms. The fourth-order valence-electron chi connectivity index (χ4n) is 8.92. The third kappa shape index (κ3) is 6.06. The van der Waals surface area contributed by atoms with Gasteiger partial charge in [-0.1, -0.05) is 170 Å². The zero-order valence-electron chi connectivity index (χ0n) is 33.5. The normalized spacial score (nSPS) is 11.5. The lowest BCUT2D eigenvalue weighted by Gasteiger charge is -2.14. The van der Waals surface area contributed by atoms with Gasteiger partial charge in [0.1, 0.15) is 11.2 Å². The van der Waals surface area contributed by atoms with Crippen LogP contribution < -0.4 is 0 Å². The molecule has 3 aromatic heterocycles. The monoisotopic (exact) mass is 792 g/mol. The molecule has 12 aromatic rings. The summed E-state index contributed by atoms with van der Waals surface area (Å²) in [5.74, 6) is 1.90. The lowest BCUT2D eigenvalue weighted by molar-refractivity contribution is 0.670. The van der Waals surface area contributed by atoms with Gasteiger partial charge in [0.15, 0.2) is 17.5 Å². The smallest absolute Gasteiger partial charge is 0.164 e. The van der Waals surface area contributed by atoms with E-state index in [4.69, 9.17) is 19.4 Å². The van der Waals surface area contributed by atoms with Crippen LogP contribution in [0.4, 0.5) is 0 Å². The van der Waals surface area contributed by atoms with Crippen LogP contribution in [0.15, 0.2) is 223 Å². The molecule has 5 heteroatoms. The number of nitrogens with zero attached hydrogens (tertiary/aromatic N) is 4. The van der Waals surface area contributed by atoms with Crippen molar-refractivity contribution in [3.8, 4) is 73.2 Å². The minimum absolute atomic E-state index is 0.625. The Morgan fingerprint density at radius 2 is 0.871 bits per heavy atom. The summed E-state index contributed by atoms with van der Waals surface area (Å²) < 4.78 is 8.84. The number of benzene rings is 9. The highest BCUT2D eigenvalue weighted by molar-refractivity contribution is 6.11. The Hall–Kier alpha value is -8.41. The lowest BCUT2D eigenvalue weighted by atomic mass is 9.93. The van der Waals surface area contributed by atoms with Crippen molar-refractivity contribution in [2.45, 2.75) is 0 Å². The highest BCUT2D eigenvalue weighted by Gasteiger charge is 2.19. The van der Waals surface area contributed by atoms with Crippen LogP contribution >= 0.6 is 0 Å². The van der Waals surface area contributed by atoms with Crippen molar-refractivity contribution in [1.29, 1.82) is 0 Å². The Morgan fingerprint density at radius 3 is 1.63 bits per heavy atom. The molecule has 62 heavy (non-hydrogen) atoms. The van der Waals surface area contributed by atoms with Crippen molar-refractivity contribution in [2.24, 2.45) is 0 Å². The molecule has 0 unspecified atom stereocenters. The van der Waals surface area contributed by atoms with Crippen LogP contribution in [0.1, 0.15) is 0 Å². The Labute approximate surface area is 357 Å². The molecule has 5 nitrogen and oxygen atoms in total. The minimum Gasteiger partial charge on any atom is -0.455 e. The fourth-order valence-corrected chi connectivity index (χ4v) is 8.92. The van der Waals surface area contributed by atoms with Crippen molar-refractivity contribution in [1.82, 2.24) is 19.5 Å². The number of rotatable bonds is 7. The quantitative estimate of drug-likeness (QED) is 0.161. The van der Waals surface area contributed by atoms with Gasteiger partial charge >= 0.3 is 0 Å². The number of para-hydroxylation sites is 3. The molecule has 3 heterocycles. The van der Waals surface area contributed by atoms with E-state index in [0.29, 0.717) is 17.5 Å². The molecule has 0 bridgehead atoms. The summed E-state index contributed by atoms with van der Waals surface area (Å²) in [5.41, 5.74) is 14.5. The molecule has 0 aliphatic carbocycles. The average molecular weight is 793 g/mol. The summed E-state index contributed by atoms with van der Waals surface area (Å²) in [6, 6.07) is 76.4. The molecule has 0 saturated carbocycles. The van der Waals surface area contributed by atoms with E-state index >= 15 is 0 Å². The molecule has 0 atom stereocenters. The highest BCUT2D eigenvalue weighted by Crippen LogP contribution is 2.41. The minimum atomic E-state index is 0.625. The third-order valence-corrected chi connectivity index (χ3v) is 11.9. The number of furan rings is 1. The summed E-state index contributed by atoms with van der Waals surface area (Å²) in [7, 11) is 0. The molecular weight excluding hydrogens is 757 g/mol. The van der Waals surface area contributed by atoms with Crippen LogP contribution in [-0.2, 0) is 0 Å². The summed E-state index contributed by atoms with van der Waals surface area (Å²) in [6.07, 6.45) is 0. The van der Waals surface area contributed by atoms with Crippen molar-refractivity contribution in [2.75, 3.05) is 0 Å². The van der Waals surface area contributed by atoms with Crippen LogP contribution in [0.3, 0.4) is 0 Å². The van der Waals surface area contributed by atoms with Gasteiger partial charge in [-0.15, -0.1) is 0 Å². The van der Waals surface area contributed by atoms with Crippen molar-refractivity contribution >= 4 is 43.7 Å². The maximum absolute atomic E-state index is 6.46. The fraction of sp³-hybridized carbons (Fsp3) is 0. The Balaban J connectivity index is 0.995. The van der Waals surface area contributed by atoms with Gasteiger partial charge in [-0.2, -0.15) is 0 Å². The van der Waals surface area contributed by atoms with Crippen LogP contribution in [-0.4, -0.2) is 19.5 Å². The maximum atomic E-state index is 6.46. The molecule has 9 aromatic carbocycles. The second-order valence-corrected chi connectivity index (χ2v) is 15.6. The Morgan fingerprint density at radius 1 is 0.306 bits per heavy atom. The third-order valence-electron chi connectivity index (χ3n) is 11.9. The number of fused-ring (bicyclic) bond motifs is 6. The van der Waals surface area contributed by atoms with Crippen molar-refractivity contribution in [3.05, 3.63) is 218 Å². The first kappa shape index (κ1) is 35.5. The lowest BCUT2D eigenvalue weighted by Crippen LogP contribution is -2.01. The van der Waals surface area contributed by atoms with E-state index in [1.165, 1.54) is 10.8 Å². The van der Waals surface area contributed by atoms with Crippen LogP contribution in [0.5, 0.6) is 0 Å². The SMILES string of the molecule is c1ccc(-c2nc(-c3ccccc3)nc(-c3ccc(-c4ccc5c(c4)c4ccccc4n5-c4cccc(-c5cccc6c5oc5ccccc56)c4)cc3-c3ccccc3)n2)cc1. The second kappa shape index (κ2) is 14.7. The zero-order chi connectivity index (χ0) is 41.0. The molecule has 0 amide bonds. The predicted molar refractivity (Wildman–Crippen MR) is 254 cm³/mol. The van der Waals surface area contributed by atoms with Gasteiger partial charge < -0.3 is 8.98 Å². The highest BCUT2D eigenvalue weighted by atomic mass is 16.3.